The van der Waals surface area contributed by atoms with Crippen LogP contribution < -0.4 is 10.6 Å². The number of rotatable bonds is 6. The van der Waals surface area contributed by atoms with Gasteiger partial charge in [0.05, 0.1) is 0 Å². The molecule has 0 saturated heterocycles. The fraction of sp³-hybridized carbons (Fsp3) is 0.278. The topological polar surface area (TPSA) is 71.1 Å². The highest BCUT2D eigenvalue weighted by Gasteiger charge is 2.12. The van der Waals surface area contributed by atoms with Gasteiger partial charge in [-0.2, -0.15) is 0 Å². The van der Waals surface area contributed by atoms with Crippen molar-refractivity contribution in [2.75, 3.05) is 11.9 Å². The lowest BCUT2D eigenvalue weighted by atomic mass is 10.1. The van der Waals surface area contributed by atoms with Crippen LogP contribution in [-0.4, -0.2) is 23.3 Å². The van der Waals surface area contributed by atoms with E-state index in [4.69, 9.17) is 0 Å². The summed E-state index contributed by atoms with van der Waals surface area (Å²) in [7, 11) is 0. The van der Waals surface area contributed by atoms with E-state index in [1.807, 2.05) is 0 Å². The molecule has 2 N–H and O–H groups in total. The zero-order chi connectivity index (χ0) is 17.5. The van der Waals surface area contributed by atoms with Gasteiger partial charge in [-0.05, 0) is 42.7 Å². The predicted octanol–water partition coefficient (Wildman–Crippen LogP) is 3.25. The first kappa shape index (κ1) is 17.6. The maximum absolute atomic E-state index is 13.1. The Hall–Kier alpha value is -2.76. The summed E-state index contributed by atoms with van der Waals surface area (Å²) in [5, 5.41) is 5.36. The number of pyridine rings is 1. The Morgan fingerprint density at radius 2 is 1.96 bits per heavy atom. The molecular weight excluding hydrogens is 309 g/mol. The second-order valence-electron chi connectivity index (χ2n) is 5.83. The van der Waals surface area contributed by atoms with Crippen molar-refractivity contribution in [1.29, 1.82) is 0 Å². The second kappa shape index (κ2) is 8.19. The van der Waals surface area contributed by atoms with Crippen molar-refractivity contribution >= 4 is 17.5 Å². The number of carbonyl (C=O) groups excluding carboxylic acids is 2. The molecule has 0 aliphatic rings. The van der Waals surface area contributed by atoms with Gasteiger partial charge in [0.1, 0.15) is 11.5 Å². The molecule has 1 aromatic carbocycles. The molecule has 0 radical (unpaired) electrons. The Bertz CT molecular complexity index is 732. The molecule has 2 amide bonds. The van der Waals surface area contributed by atoms with E-state index in [1.165, 1.54) is 30.5 Å². The van der Waals surface area contributed by atoms with Crippen LogP contribution in [0.3, 0.4) is 0 Å². The predicted molar refractivity (Wildman–Crippen MR) is 90.4 cm³/mol. The summed E-state index contributed by atoms with van der Waals surface area (Å²) in [5.41, 5.74) is 0.780. The summed E-state index contributed by atoms with van der Waals surface area (Å²) in [6.07, 6.45) is 2.28. The minimum Gasteiger partial charge on any atom is -0.352 e. The summed E-state index contributed by atoms with van der Waals surface area (Å²) in [5.74, 6) is -0.704. The molecule has 1 aromatic heterocycles. The van der Waals surface area contributed by atoms with E-state index in [9.17, 15) is 14.0 Å². The molecule has 0 bridgehead atoms. The highest BCUT2D eigenvalue weighted by atomic mass is 19.1. The molecule has 1 heterocycles. The summed E-state index contributed by atoms with van der Waals surface area (Å²) in [6.45, 7) is 4.73. The molecule has 0 spiro atoms. The molecule has 2 rings (SSSR count). The van der Waals surface area contributed by atoms with Crippen molar-refractivity contribution in [2.45, 2.75) is 20.3 Å². The number of amides is 2. The van der Waals surface area contributed by atoms with Crippen LogP contribution in [0.2, 0.25) is 0 Å². The normalized spacial score (nSPS) is 10.5. The molecule has 126 valence electrons. The number of anilines is 1. The van der Waals surface area contributed by atoms with Crippen LogP contribution in [0.4, 0.5) is 10.1 Å². The first-order chi connectivity index (χ1) is 11.5. The SMILES string of the molecule is CC(C)CCNC(=O)c1ccnc(C(=O)Nc2cccc(F)c2)c1. The first-order valence-electron chi connectivity index (χ1n) is 7.77. The number of nitrogens with zero attached hydrogens (tertiary/aromatic N) is 1. The maximum atomic E-state index is 13.1. The number of hydrogen-bond acceptors (Lipinski definition) is 3. The summed E-state index contributed by atoms with van der Waals surface area (Å²) < 4.78 is 13.1. The van der Waals surface area contributed by atoms with E-state index in [2.05, 4.69) is 29.5 Å². The van der Waals surface area contributed by atoms with Crippen LogP contribution in [0.5, 0.6) is 0 Å². The quantitative estimate of drug-likeness (QED) is 0.854. The van der Waals surface area contributed by atoms with E-state index in [1.54, 1.807) is 12.1 Å². The Balaban J connectivity index is 2.03. The zero-order valence-electron chi connectivity index (χ0n) is 13.7. The van der Waals surface area contributed by atoms with Crippen molar-refractivity contribution in [3.63, 3.8) is 0 Å². The van der Waals surface area contributed by atoms with Gasteiger partial charge in [-0.15, -0.1) is 0 Å². The average Bonchev–Trinajstić information content (AvgIpc) is 2.54. The van der Waals surface area contributed by atoms with Gasteiger partial charge >= 0.3 is 0 Å². The van der Waals surface area contributed by atoms with Crippen LogP contribution in [0.1, 0.15) is 41.1 Å². The highest BCUT2D eigenvalue weighted by molar-refractivity contribution is 6.04. The molecule has 24 heavy (non-hydrogen) atoms. The molecule has 2 aromatic rings. The smallest absolute Gasteiger partial charge is 0.274 e. The minimum absolute atomic E-state index is 0.0933. The van der Waals surface area contributed by atoms with Gasteiger partial charge in [-0.3, -0.25) is 14.6 Å². The molecule has 0 atom stereocenters. The highest BCUT2D eigenvalue weighted by Crippen LogP contribution is 2.11. The molecule has 5 nitrogen and oxygen atoms in total. The monoisotopic (exact) mass is 329 g/mol. The van der Waals surface area contributed by atoms with E-state index >= 15 is 0 Å². The van der Waals surface area contributed by atoms with Gasteiger partial charge in [0.25, 0.3) is 11.8 Å². The summed E-state index contributed by atoms with van der Waals surface area (Å²) in [4.78, 5) is 28.2. The lowest BCUT2D eigenvalue weighted by molar-refractivity contribution is 0.0952. The van der Waals surface area contributed by atoms with Gasteiger partial charge in [0, 0.05) is 24.0 Å². The number of hydrogen-bond donors (Lipinski definition) is 2. The third-order valence-electron chi connectivity index (χ3n) is 3.34. The zero-order valence-corrected chi connectivity index (χ0v) is 13.7. The molecule has 0 aliphatic carbocycles. The van der Waals surface area contributed by atoms with Crippen LogP contribution in [0, 0.1) is 11.7 Å². The Morgan fingerprint density at radius 3 is 2.67 bits per heavy atom. The lowest BCUT2D eigenvalue weighted by Gasteiger charge is -2.08. The van der Waals surface area contributed by atoms with Crippen molar-refractivity contribution in [3.05, 3.63) is 59.7 Å². The molecule has 0 aliphatic heterocycles. The van der Waals surface area contributed by atoms with Gasteiger partial charge < -0.3 is 10.6 Å². The second-order valence-corrected chi connectivity index (χ2v) is 5.83. The van der Waals surface area contributed by atoms with E-state index in [0.29, 0.717) is 23.7 Å². The van der Waals surface area contributed by atoms with Crippen molar-refractivity contribution in [3.8, 4) is 0 Å². The molecule has 0 unspecified atom stereocenters. The fourth-order valence-corrected chi connectivity index (χ4v) is 2.03. The van der Waals surface area contributed by atoms with Gasteiger partial charge in [0.2, 0.25) is 0 Å². The Kier molecular flexibility index (Phi) is 6.01. The van der Waals surface area contributed by atoms with Crippen molar-refractivity contribution < 1.29 is 14.0 Å². The van der Waals surface area contributed by atoms with Crippen LogP contribution in [-0.2, 0) is 0 Å². The number of halogens is 1. The van der Waals surface area contributed by atoms with E-state index in [-0.39, 0.29) is 11.6 Å². The van der Waals surface area contributed by atoms with Crippen molar-refractivity contribution in [2.24, 2.45) is 5.92 Å². The Labute approximate surface area is 140 Å². The largest absolute Gasteiger partial charge is 0.352 e. The van der Waals surface area contributed by atoms with Gasteiger partial charge in [0.15, 0.2) is 0 Å². The first-order valence-corrected chi connectivity index (χ1v) is 7.77. The van der Waals surface area contributed by atoms with Crippen LogP contribution in [0.15, 0.2) is 42.6 Å². The number of aromatic nitrogens is 1. The van der Waals surface area contributed by atoms with Crippen molar-refractivity contribution in [1.82, 2.24) is 10.3 Å². The number of nitrogens with one attached hydrogen (secondary N) is 2. The maximum Gasteiger partial charge on any atom is 0.274 e. The molecular formula is C18H20FN3O2. The fourth-order valence-electron chi connectivity index (χ4n) is 2.03. The average molecular weight is 329 g/mol. The molecule has 0 fully saturated rings. The lowest BCUT2D eigenvalue weighted by Crippen LogP contribution is -2.26. The molecule has 6 heteroatoms. The minimum atomic E-state index is -0.502. The third kappa shape index (κ3) is 5.15. The third-order valence-corrected chi connectivity index (χ3v) is 3.34. The number of carbonyl (C=O) groups is 2. The van der Waals surface area contributed by atoms with E-state index < -0.39 is 11.7 Å². The Morgan fingerprint density at radius 1 is 1.17 bits per heavy atom. The summed E-state index contributed by atoms with van der Waals surface area (Å²) in [6, 6.07) is 8.53. The van der Waals surface area contributed by atoms with Gasteiger partial charge in [-0.25, -0.2) is 4.39 Å². The number of benzene rings is 1. The standard InChI is InChI=1S/C18H20FN3O2/c1-12(2)6-8-21-17(23)13-7-9-20-16(10-13)18(24)22-15-5-3-4-14(19)11-15/h3-5,7,9-12H,6,8H2,1-2H3,(H,21,23)(H,22,24). The van der Waals surface area contributed by atoms with E-state index in [0.717, 1.165) is 6.42 Å². The van der Waals surface area contributed by atoms with Gasteiger partial charge in [-0.1, -0.05) is 19.9 Å². The molecule has 0 saturated carbocycles. The van der Waals surface area contributed by atoms with Crippen LogP contribution >= 0.6 is 0 Å². The van der Waals surface area contributed by atoms with Crippen LogP contribution in [0.25, 0.3) is 0 Å². The summed E-state index contributed by atoms with van der Waals surface area (Å²) >= 11 is 0.